The van der Waals surface area contributed by atoms with Gasteiger partial charge in [0.1, 0.15) is 23.0 Å². The van der Waals surface area contributed by atoms with Gasteiger partial charge < -0.3 is 14.5 Å². The van der Waals surface area contributed by atoms with Gasteiger partial charge in [-0.25, -0.2) is 15.0 Å². The average Bonchev–Trinajstić information content (AvgIpc) is 2.69. The van der Waals surface area contributed by atoms with E-state index in [-0.39, 0.29) is 5.56 Å². The molecule has 0 unspecified atom stereocenters. The number of halogens is 3. The largest absolute Gasteiger partial charge is 0.496 e. The van der Waals surface area contributed by atoms with Crippen LogP contribution in [-0.4, -0.2) is 34.2 Å². The lowest BCUT2D eigenvalue weighted by Crippen LogP contribution is -2.06. The Morgan fingerprint density at radius 2 is 1.46 bits per heavy atom. The first-order valence-corrected chi connectivity index (χ1v) is 10.3. The molecular formula is C18H13ClI2N4O3. The number of hydrogen-bond acceptors (Lipinski definition) is 6. The van der Waals surface area contributed by atoms with Crippen molar-refractivity contribution in [3.8, 4) is 11.5 Å². The second-order valence-corrected chi connectivity index (χ2v) is 8.09. The molecule has 0 aliphatic carbocycles. The summed E-state index contributed by atoms with van der Waals surface area (Å²) in [5.41, 5.74) is 1.31. The van der Waals surface area contributed by atoms with Gasteiger partial charge in [-0.2, -0.15) is 0 Å². The van der Waals surface area contributed by atoms with Crippen LogP contribution in [0.2, 0.25) is 5.15 Å². The van der Waals surface area contributed by atoms with Gasteiger partial charge in [0.25, 0.3) is 5.56 Å². The number of benzene rings is 2. The molecule has 2 aromatic carbocycles. The van der Waals surface area contributed by atoms with Crippen LogP contribution >= 0.6 is 56.8 Å². The maximum atomic E-state index is 11.4. The molecule has 28 heavy (non-hydrogen) atoms. The fourth-order valence-corrected chi connectivity index (χ4v) is 3.98. The zero-order valence-corrected chi connectivity index (χ0v) is 19.7. The summed E-state index contributed by atoms with van der Waals surface area (Å²) in [5, 5.41) is 1.90. The quantitative estimate of drug-likeness (QED) is 0.263. The lowest BCUT2D eigenvalue weighted by molar-refractivity contribution is 0.412. The number of rotatable bonds is 2. The van der Waals surface area contributed by atoms with Gasteiger partial charge >= 0.3 is 0 Å². The van der Waals surface area contributed by atoms with Gasteiger partial charge in [-0.3, -0.25) is 4.79 Å². The summed E-state index contributed by atoms with van der Waals surface area (Å²) in [5.74, 6) is 1.53. The highest BCUT2D eigenvalue weighted by atomic mass is 127. The van der Waals surface area contributed by atoms with E-state index in [0.29, 0.717) is 16.1 Å². The molecule has 0 aliphatic heterocycles. The van der Waals surface area contributed by atoms with Crippen LogP contribution in [0, 0.1) is 7.14 Å². The number of nitrogens with one attached hydrogen (secondary N) is 1. The van der Waals surface area contributed by atoms with Crippen molar-refractivity contribution >= 4 is 78.6 Å². The van der Waals surface area contributed by atoms with E-state index in [1.807, 2.05) is 12.1 Å². The topological polar surface area (TPSA) is 90.0 Å². The minimum Gasteiger partial charge on any atom is -0.496 e. The summed E-state index contributed by atoms with van der Waals surface area (Å²) in [6.07, 6.45) is 2.83. The van der Waals surface area contributed by atoms with Gasteiger partial charge in [0.2, 0.25) is 0 Å². The predicted molar refractivity (Wildman–Crippen MR) is 125 cm³/mol. The molecule has 0 radical (unpaired) electrons. The fraction of sp³-hybridized carbons (Fsp3) is 0.111. The average molecular weight is 623 g/mol. The highest BCUT2D eigenvalue weighted by molar-refractivity contribution is 14.1. The van der Waals surface area contributed by atoms with Gasteiger partial charge in [-0.05, 0) is 57.3 Å². The molecule has 0 spiro atoms. The van der Waals surface area contributed by atoms with Crippen LogP contribution in [0.1, 0.15) is 0 Å². The molecule has 2 aromatic heterocycles. The third-order valence-corrected chi connectivity index (χ3v) is 5.76. The van der Waals surface area contributed by atoms with E-state index in [2.05, 4.69) is 65.1 Å². The number of fused-ring (bicyclic) bond motifs is 2. The molecule has 0 bridgehead atoms. The van der Waals surface area contributed by atoms with Crippen molar-refractivity contribution in [3.63, 3.8) is 0 Å². The predicted octanol–water partition coefficient (Wildman–Crippen LogP) is 4.43. The first kappa shape index (κ1) is 21.0. The van der Waals surface area contributed by atoms with Gasteiger partial charge in [0, 0.05) is 17.5 Å². The Bertz CT molecular complexity index is 1220. The van der Waals surface area contributed by atoms with E-state index in [4.69, 9.17) is 21.1 Å². The third-order valence-electron chi connectivity index (χ3n) is 3.77. The summed E-state index contributed by atoms with van der Waals surface area (Å²) in [7, 11) is 3.22. The number of hydrogen-bond donors (Lipinski definition) is 1. The highest BCUT2D eigenvalue weighted by Gasteiger charge is 2.07. The second-order valence-electron chi connectivity index (χ2n) is 5.40. The molecule has 0 saturated heterocycles. The van der Waals surface area contributed by atoms with E-state index in [1.165, 1.54) is 12.7 Å². The summed E-state index contributed by atoms with van der Waals surface area (Å²) in [6.45, 7) is 0. The normalized spacial score (nSPS) is 10.5. The highest BCUT2D eigenvalue weighted by Crippen LogP contribution is 2.28. The van der Waals surface area contributed by atoms with Crippen molar-refractivity contribution in [1.29, 1.82) is 0 Å². The van der Waals surface area contributed by atoms with Crippen LogP contribution in [0.5, 0.6) is 11.5 Å². The Labute approximate surface area is 192 Å². The standard InChI is InChI=1S/C9H6ClIN2O.C9H7IN2O2/c1-14-8-3-7-5(2-6(8)11)9(10)13-4-12-7;1-14-8-3-7-5(2-6(8)10)9(13)12-4-11-7/h2-4H,1H3;2-4H,1H3,(H,11,12,13). The summed E-state index contributed by atoms with van der Waals surface area (Å²) in [4.78, 5) is 26.0. The van der Waals surface area contributed by atoms with Gasteiger partial charge in [-0.1, -0.05) is 11.6 Å². The van der Waals surface area contributed by atoms with Crippen LogP contribution in [0.15, 0.2) is 41.7 Å². The first-order valence-electron chi connectivity index (χ1n) is 7.79. The van der Waals surface area contributed by atoms with Crippen molar-refractivity contribution in [3.05, 3.63) is 59.6 Å². The van der Waals surface area contributed by atoms with Crippen molar-refractivity contribution in [2.24, 2.45) is 0 Å². The van der Waals surface area contributed by atoms with Crippen LogP contribution in [0.3, 0.4) is 0 Å². The summed E-state index contributed by atoms with van der Waals surface area (Å²) >= 11 is 10.2. The summed E-state index contributed by atoms with van der Waals surface area (Å²) < 4.78 is 12.2. The van der Waals surface area contributed by atoms with Crippen molar-refractivity contribution < 1.29 is 9.47 Å². The molecule has 0 fully saturated rings. The van der Waals surface area contributed by atoms with Gasteiger partial charge in [0.05, 0.1) is 44.1 Å². The molecule has 1 N–H and O–H groups in total. The monoisotopic (exact) mass is 622 g/mol. The molecule has 0 amide bonds. The Hall–Kier alpha value is -1.73. The molecule has 0 saturated carbocycles. The maximum absolute atomic E-state index is 11.4. The van der Waals surface area contributed by atoms with E-state index in [1.54, 1.807) is 26.4 Å². The summed E-state index contributed by atoms with van der Waals surface area (Å²) in [6, 6.07) is 7.29. The number of methoxy groups -OCH3 is 2. The van der Waals surface area contributed by atoms with Crippen LogP contribution < -0.4 is 15.0 Å². The molecule has 144 valence electrons. The second kappa shape index (κ2) is 9.18. The number of nitrogens with zero attached hydrogens (tertiary/aromatic N) is 3. The van der Waals surface area contributed by atoms with E-state index >= 15 is 0 Å². The molecule has 0 atom stereocenters. The molecule has 4 rings (SSSR count). The number of aromatic nitrogens is 4. The lowest BCUT2D eigenvalue weighted by Gasteiger charge is -2.05. The Kier molecular flexibility index (Phi) is 6.88. The number of aromatic amines is 1. The Balaban J connectivity index is 0.000000161. The van der Waals surface area contributed by atoms with Crippen molar-refractivity contribution in [2.75, 3.05) is 14.2 Å². The SMILES string of the molecule is COc1cc2nc[nH]c(=O)c2cc1I.COc1cc2ncnc(Cl)c2cc1I. The lowest BCUT2D eigenvalue weighted by atomic mass is 10.2. The van der Waals surface area contributed by atoms with Crippen molar-refractivity contribution in [1.82, 2.24) is 19.9 Å². The Morgan fingerprint density at radius 1 is 0.893 bits per heavy atom. The van der Waals surface area contributed by atoms with Crippen LogP contribution in [-0.2, 0) is 0 Å². The first-order chi connectivity index (χ1) is 13.4. The van der Waals surface area contributed by atoms with E-state index in [0.717, 1.165) is 29.5 Å². The van der Waals surface area contributed by atoms with Crippen LogP contribution in [0.25, 0.3) is 21.8 Å². The smallest absolute Gasteiger partial charge is 0.258 e. The zero-order valence-electron chi connectivity index (χ0n) is 14.7. The number of H-pyrrole nitrogens is 1. The molecular weight excluding hydrogens is 609 g/mol. The van der Waals surface area contributed by atoms with Gasteiger partial charge in [0.15, 0.2) is 0 Å². The number of ether oxygens (including phenoxy) is 2. The molecule has 0 aliphatic rings. The van der Waals surface area contributed by atoms with Crippen LogP contribution in [0.4, 0.5) is 0 Å². The zero-order chi connectivity index (χ0) is 20.3. The minimum atomic E-state index is -0.129. The molecule has 7 nitrogen and oxygen atoms in total. The molecule has 10 heteroatoms. The van der Waals surface area contributed by atoms with E-state index in [9.17, 15) is 4.79 Å². The van der Waals surface area contributed by atoms with Crippen molar-refractivity contribution in [2.45, 2.75) is 0 Å². The molecule has 4 aromatic rings. The fourth-order valence-electron chi connectivity index (χ4n) is 2.41. The maximum Gasteiger partial charge on any atom is 0.258 e. The van der Waals surface area contributed by atoms with E-state index < -0.39 is 0 Å². The molecule has 2 heterocycles. The minimum absolute atomic E-state index is 0.129. The third kappa shape index (κ3) is 4.46. The Morgan fingerprint density at radius 3 is 2.07 bits per heavy atom. The van der Waals surface area contributed by atoms with Gasteiger partial charge in [-0.15, -0.1) is 0 Å².